The van der Waals surface area contributed by atoms with Gasteiger partial charge in [0.2, 0.25) is 0 Å². The molecule has 1 aliphatic rings. The van der Waals surface area contributed by atoms with Crippen molar-refractivity contribution in [3.63, 3.8) is 0 Å². The molecule has 0 amide bonds. The average molecular weight is 267 g/mol. The smallest absolute Gasteiger partial charge is 0.329 e. The molecular formula is C12H24F3N3. The van der Waals surface area contributed by atoms with Gasteiger partial charge in [0.15, 0.2) is 0 Å². The molecule has 2 unspecified atom stereocenters. The monoisotopic (exact) mass is 267 g/mol. The van der Waals surface area contributed by atoms with Crippen molar-refractivity contribution in [2.45, 2.75) is 38.4 Å². The Morgan fingerprint density at radius 2 is 2.06 bits per heavy atom. The molecule has 0 radical (unpaired) electrons. The van der Waals surface area contributed by atoms with E-state index in [1.807, 2.05) is 4.90 Å². The summed E-state index contributed by atoms with van der Waals surface area (Å²) in [6.07, 6.45) is -3.14. The zero-order valence-corrected chi connectivity index (χ0v) is 11.0. The maximum absolute atomic E-state index is 12.5. The van der Waals surface area contributed by atoms with Crippen molar-refractivity contribution in [3.05, 3.63) is 0 Å². The van der Waals surface area contributed by atoms with Crippen molar-refractivity contribution in [1.29, 1.82) is 0 Å². The van der Waals surface area contributed by atoms with Gasteiger partial charge in [-0.1, -0.05) is 6.92 Å². The van der Waals surface area contributed by atoms with Gasteiger partial charge >= 0.3 is 6.18 Å². The lowest BCUT2D eigenvalue weighted by Crippen LogP contribution is -2.51. The third kappa shape index (κ3) is 6.02. The molecule has 3 nitrogen and oxygen atoms in total. The van der Waals surface area contributed by atoms with Crippen molar-refractivity contribution < 1.29 is 13.2 Å². The summed E-state index contributed by atoms with van der Waals surface area (Å²) in [6, 6.07) is 0.164. The summed E-state index contributed by atoms with van der Waals surface area (Å²) in [5, 5.41) is 3.33. The van der Waals surface area contributed by atoms with Crippen LogP contribution in [0.4, 0.5) is 13.2 Å². The topological polar surface area (TPSA) is 41.3 Å². The van der Waals surface area contributed by atoms with Crippen LogP contribution in [-0.2, 0) is 0 Å². The van der Waals surface area contributed by atoms with Crippen molar-refractivity contribution in [3.8, 4) is 0 Å². The second-order valence-corrected chi connectivity index (χ2v) is 5.12. The minimum Gasteiger partial charge on any atom is -0.329 e. The lowest BCUT2D eigenvalue weighted by Gasteiger charge is -2.38. The van der Waals surface area contributed by atoms with Crippen LogP contribution in [0.15, 0.2) is 0 Å². The Balaban J connectivity index is 2.50. The fraction of sp³-hybridized carbons (Fsp3) is 1.00. The van der Waals surface area contributed by atoms with Crippen molar-refractivity contribution in [2.24, 2.45) is 11.7 Å². The largest absolute Gasteiger partial charge is 0.389 e. The van der Waals surface area contributed by atoms with Crippen molar-refractivity contribution >= 4 is 0 Å². The van der Waals surface area contributed by atoms with E-state index in [0.717, 1.165) is 19.5 Å². The molecule has 1 heterocycles. The molecule has 0 aromatic rings. The van der Waals surface area contributed by atoms with E-state index in [1.54, 1.807) is 0 Å². The van der Waals surface area contributed by atoms with E-state index in [4.69, 9.17) is 5.73 Å². The second kappa shape index (κ2) is 7.31. The zero-order valence-electron chi connectivity index (χ0n) is 11.0. The Labute approximate surface area is 107 Å². The Kier molecular flexibility index (Phi) is 6.38. The fourth-order valence-electron chi connectivity index (χ4n) is 2.64. The van der Waals surface area contributed by atoms with Gasteiger partial charge in [0.25, 0.3) is 0 Å². The first-order valence-electron chi connectivity index (χ1n) is 6.67. The highest BCUT2D eigenvalue weighted by Gasteiger charge is 2.36. The molecule has 0 bridgehead atoms. The van der Waals surface area contributed by atoms with E-state index >= 15 is 0 Å². The fourth-order valence-corrected chi connectivity index (χ4v) is 2.64. The van der Waals surface area contributed by atoms with Crippen LogP contribution < -0.4 is 11.1 Å². The molecule has 6 heteroatoms. The van der Waals surface area contributed by atoms with Gasteiger partial charge in [-0.05, 0) is 25.3 Å². The van der Waals surface area contributed by atoms with Crippen LogP contribution in [0.1, 0.15) is 26.2 Å². The lowest BCUT2D eigenvalue weighted by molar-refractivity contribution is -0.148. The highest BCUT2D eigenvalue weighted by molar-refractivity contribution is 4.84. The molecule has 2 atom stereocenters. The predicted molar refractivity (Wildman–Crippen MR) is 66.4 cm³/mol. The summed E-state index contributed by atoms with van der Waals surface area (Å²) < 4.78 is 37.4. The molecule has 0 spiro atoms. The number of piperidine rings is 1. The van der Waals surface area contributed by atoms with E-state index < -0.39 is 12.6 Å². The second-order valence-electron chi connectivity index (χ2n) is 5.12. The first-order valence-corrected chi connectivity index (χ1v) is 6.67. The Bertz CT molecular complexity index is 233. The van der Waals surface area contributed by atoms with Gasteiger partial charge in [-0.3, -0.25) is 0 Å². The Hall–Kier alpha value is -0.330. The van der Waals surface area contributed by atoms with E-state index in [1.165, 1.54) is 0 Å². The number of rotatable bonds is 6. The van der Waals surface area contributed by atoms with Crippen LogP contribution in [-0.4, -0.2) is 49.8 Å². The SMILES string of the molecule is CCCNC1CC(CC(F)(F)F)CN(CCN)C1. The molecule has 0 aromatic carbocycles. The zero-order chi connectivity index (χ0) is 13.6. The number of nitrogens with zero attached hydrogens (tertiary/aromatic N) is 1. The summed E-state index contributed by atoms with van der Waals surface area (Å²) >= 11 is 0. The minimum atomic E-state index is -4.06. The molecule has 0 aliphatic carbocycles. The van der Waals surface area contributed by atoms with Crippen LogP contribution >= 0.6 is 0 Å². The number of hydrogen-bond acceptors (Lipinski definition) is 3. The quantitative estimate of drug-likeness (QED) is 0.768. The van der Waals surface area contributed by atoms with Gasteiger partial charge in [0, 0.05) is 38.6 Å². The molecule has 1 aliphatic heterocycles. The van der Waals surface area contributed by atoms with Gasteiger partial charge in [-0.15, -0.1) is 0 Å². The third-order valence-electron chi connectivity index (χ3n) is 3.26. The van der Waals surface area contributed by atoms with Gasteiger partial charge in [0.05, 0.1) is 0 Å². The van der Waals surface area contributed by atoms with Crippen LogP contribution in [0.25, 0.3) is 0 Å². The molecule has 3 N–H and O–H groups in total. The maximum atomic E-state index is 12.5. The molecule has 18 heavy (non-hydrogen) atoms. The standard InChI is InChI=1S/C12H24F3N3/c1-2-4-17-11-6-10(7-12(13,14)15)8-18(9-11)5-3-16/h10-11,17H,2-9,16H2,1H3. The first-order chi connectivity index (χ1) is 8.44. The minimum absolute atomic E-state index is 0.164. The van der Waals surface area contributed by atoms with Gasteiger partial charge in [0.1, 0.15) is 0 Å². The third-order valence-corrected chi connectivity index (χ3v) is 3.26. The summed E-state index contributed by atoms with van der Waals surface area (Å²) in [7, 11) is 0. The number of halogens is 3. The van der Waals surface area contributed by atoms with E-state index in [-0.39, 0.29) is 12.0 Å². The number of nitrogens with two attached hydrogens (primary N) is 1. The first kappa shape index (κ1) is 15.7. The van der Waals surface area contributed by atoms with Gasteiger partial charge < -0.3 is 16.0 Å². The van der Waals surface area contributed by atoms with Gasteiger partial charge in [-0.2, -0.15) is 13.2 Å². The highest BCUT2D eigenvalue weighted by Crippen LogP contribution is 2.30. The summed E-state index contributed by atoms with van der Waals surface area (Å²) in [6.45, 7) is 5.42. The lowest BCUT2D eigenvalue weighted by atomic mass is 9.91. The van der Waals surface area contributed by atoms with E-state index in [9.17, 15) is 13.2 Å². The maximum Gasteiger partial charge on any atom is 0.389 e. The highest BCUT2D eigenvalue weighted by atomic mass is 19.4. The van der Waals surface area contributed by atoms with Crippen LogP contribution in [0, 0.1) is 5.92 Å². The Morgan fingerprint density at radius 1 is 1.33 bits per heavy atom. The normalized spacial score (nSPS) is 26.5. The molecule has 1 rings (SSSR count). The summed E-state index contributed by atoms with van der Waals surface area (Å²) in [4.78, 5) is 2.05. The molecule has 1 fully saturated rings. The molecule has 0 aromatic heterocycles. The molecule has 108 valence electrons. The number of likely N-dealkylation sites (tertiary alicyclic amines) is 1. The number of alkyl halides is 3. The van der Waals surface area contributed by atoms with Crippen molar-refractivity contribution in [1.82, 2.24) is 10.2 Å². The molecule has 0 saturated carbocycles. The van der Waals surface area contributed by atoms with Gasteiger partial charge in [-0.25, -0.2) is 0 Å². The number of hydrogen-bond donors (Lipinski definition) is 2. The van der Waals surface area contributed by atoms with E-state index in [0.29, 0.717) is 26.1 Å². The summed E-state index contributed by atoms with van der Waals surface area (Å²) in [5.41, 5.74) is 5.49. The predicted octanol–water partition coefficient (Wildman–Crippen LogP) is 1.59. The van der Waals surface area contributed by atoms with E-state index in [2.05, 4.69) is 12.2 Å². The average Bonchev–Trinajstić information content (AvgIpc) is 2.24. The number of nitrogens with one attached hydrogen (secondary N) is 1. The van der Waals surface area contributed by atoms with Crippen LogP contribution in [0.2, 0.25) is 0 Å². The molecular weight excluding hydrogens is 243 g/mol. The van der Waals surface area contributed by atoms with Crippen molar-refractivity contribution in [2.75, 3.05) is 32.7 Å². The van der Waals surface area contributed by atoms with Crippen LogP contribution in [0.3, 0.4) is 0 Å². The Morgan fingerprint density at radius 3 is 2.61 bits per heavy atom. The molecule has 1 saturated heterocycles. The van der Waals surface area contributed by atoms with Crippen LogP contribution in [0.5, 0.6) is 0 Å². The summed E-state index contributed by atoms with van der Waals surface area (Å²) in [5.74, 6) is -0.306.